The van der Waals surface area contributed by atoms with Crippen molar-refractivity contribution in [2.45, 2.75) is 42.9 Å². The van der Waals surface area contributed by atoms with Crippen molar-refractivity contribution in [1.29, 1.82) is 0 Å². The molecule has 1 spiro atoms. The first-order valence-corrected chi connectivity index (χ1v) is 6.77. The van der Waals surface area contributed by atoms with Crippen LogP contribution in [-0.2, 0) is 4.74 Å². The first kappa shape index (κ1) is 12.9. The van der Waals surface area contributed by atoms with Crippen LogP contribution in [0.25, 0.3) is 11.2 Å². The number of rotatable bonds is 1. The molecule has 6 N–H and O–H groups in total. The van der Waals surface area contributed by atoms with Crippen molar-refractivity contribution in [3.8, 4) is 0 Å². The van der Waals surface area contributed by atoms with Gasteiger partial charge < -0.3 is 26.4 Å². The van der Waals surface area contributed by atoms with Crippen LogP contribution in [-0.4, -0.2) is 53.6 Å². The number of hydrogen-bond donors (Lipinski definition) is 4. The molecule has 1 aliphatic carbocycles. The van der Waals surface area contributed by atoms with E-state index in [1.807, 2.05) is 0 Å². The van der Waals surface area contributed by atoms with Crippen LogP contribution in [0.1, 0.15) is 19.1 Å². The van der Waals surface area contributed by atoms with E-state index < -0.39 is 24.0 Å². The Balaban J connectivity index is 1.78. The van der Waals surface area contributed by atoms with Gasteiger partial charge in [0.25, 0.3) is 0 Å². The highest BCUT2D eigenvalue weighted by Gasteiger charge is 2.62. The molecule has 2 aliphatic rings. The third-order valence-corrected chi connectivity index (χ3v) is 4.59. The molecule has 2 aromatic rings. The van der Waals surface area contributed by atoms with Gasteiger partial charge in [-0.1, -0.05) is 0 Å². The maximum absolute atomic E-state index is 10.3. The van der Waals surface area contributed by atoms with Crippen molar-refractivity contribution in [3.05, 3.63) is 12.7 Å². The summed E-state index contributed by atoms with van der Waals surface area (Å²) in [7, 11) is 0. The maximum Gasteiger partial charge on any atom is 0.167 e. The minimum absolute atomic E-state index is 0.252. The second kappa shape index (κ2) is 4.10. The molecule has 4 rings (SSSR count). The maximum atomic E-state index is 10.3. The molecule has 2 aromatic heterocycles. The van der Waals surface area contributed by atoms with E-state index in [1.165, 1.54) is 12.7 Å². The minimum Gasteiger partial charge on any atom is -0.387 e. The lowest BCUT2D eigenvalue weighted by atomic mass is 9.71. The number of aliphatic hydroxyl groups excluding tert-OH is 2. The van der Waals surface area contributed by atoms with E-state index in [2.05, 4.69) is 15.0 Å². The summed E-state index contributed by atoms with van der Waals surface area (Å²) < 4.78 is 7.47. The van der Waals surface area contributed by atoms with E-state index in [1.54, 1.807) is 4.57 Å². The lowest BCUT2D eigenvalue weighted by Crippen LogP contribution is -2.63. The summed E-state index contributed by atoms with van der Waals surface area (Å²) in [6.07, 6.45) is 1.22. The van der Waals surface area contributed by atoms with Gasteiger partial charge in [-0.3, -0.25) is 4.57 Å². The van der Waals surface area contributed by atoms with E-state index >= 15 is 0 Å². The third-order valence-electron chi connectivity index (χ3n) is 4.59. The SMILES string of the molecule is Nc1ncnc2c1ncn2[C@@H]1O[C@]2(CC[C@H]2N)C(O)[C@@H]1O. The van der Waals surface area contributed by atoms with Gasteiger partial charge in [0.15, 0.2) is 17.7 Å². The zero-order valence-electron chi connectivity index (χ0n) is 11.1. The molecular weight excluding hydrogens is 276 g/mol. The summed E-state index contributed by atoms with van der Waals surface area (Å²) in [5, 5.41) is 20.6. The van der Waals surface area contributed by atoms with Crippen LogP contribution < -0.4 is 11.5 Å². The average molecular weight is 292 g/mol. The van der Waals surface area contributed by atoms with Crippen LogP contribution >= 0.6 is 0 Å². The summed E-state index contributed by atoms with van der Waals surface area (Å²) in [6.45, 7) is 0. The fraction of sp³-hybridized carbons (Fsp3) is 0.583. The molecule has 3 heterocycles. The minimum atomic E-state index is -1.11. The van der Waals surface area contributed by atoms with Gasteiger partial charge in [-0.05, 0) is 12.8 Å². The molecule has 1 saturated carbocycles. The highest BCUT2D eigenvalue weighted by molar-refractivity contribution is 5.81. The van der Waals surface area contributed by atoms with E-state index in [0.29, 0.717) is 17.6 Å². The molecule has 0 amide bonds. The lowest BCUT2D eigenvalue weighted by Gasteiger charge is -2.46. The molecule has 2 fully saturated rings. The fourth-order valence-electron chi connectivity index (χ4n) is 3.20. The molecule has 0 aromatic carbocycles. The third kappa shape index (κ3) is 1.51. The van der Waals surface area contributed by atoms with Gasteiger partial charge in [0.05, 0.1) is 6.33 Å². The molecule has 21 heavy (non-hydrogen) atoms. The molecule has 1 saturated heterocycles. The van der Waals surface area contributed by atoms with Crippen molar-refractivity contribution in [2.75, 3.05) is 5.73 Å². The Morgan fingerprint density at radius 1 is 1.33 bits per heavy atom. The smallest absolute Gasteiger partial charge is 0.167 e. The number of imidazole rings is 1. The quantitative estimate of drug-likeness (QED) is 0.498. The standard InChI is InChI=1S/C12H16N6O3/c13-5-1-2-12(5)8(20)7(19)11(21-12)18-4-17-6-9(14)15-3-16-10(6)18/h3-5,7-8,11,19-20H,1-2,13H2,(H2,14,15,16)/t5-,7+,8?,11-,12+/m1/s1. The van der Waals surface area contributed by atoms with E-state index in [-0.39, 0.29) is 11.9 Å². The Morgan fingerprint density at radius 3 is 2.76 bits per heavy atom. The highest BCUT2D eigenvalue weighted by atomic mass is 16.6. The number of nitrogens with two attached hydrogens (primary N) is 2. The number of hydrogen-bond acceptors (Lipinski definition) is 8. The van der Waals surface area contributed by atoms with Crippen LogP contribution in [0.5, 0.6) is 0 Å². The number of nitrogens with zero attached hydrogens (tertiary/aromatic N) is 4. The van der Waals surface area contributed by atoms with Gasteiger partial charge in [0, 0.05) is 6.04 Å². The largest absolute Gasteiger partial charge is 0.387 e. The summed E-state index contributed by atoms with van der Waals surface area (Å²) in [6, 6.07) is -0.290. The van der Waals surface area contributed by atoms with Gasteiger partial charge in [0.2, 0.25) is 0 Å². The lowest BCUT2D eigenvalue weighted by molar-refractivity contribution is -0.158. The summed E-state index contributed by atoms with van der Waals surface area (Å²) in [5.74, 6) is 0.252. The second-order valence-electron chi connectivity index (χ2n) is 5.63. The van der Waals surface area contributed by atoms with Crippen LogP contribution in [0.3, 0.4) is 0 Å². The molecular formula is C12H16N6O3. The van der Waals surface area contributed by atoms with Crippen LogP contribution in [0, 0.1) is 0 Å². The van der Waals surface area contributed by atoms with Crippen molar-refractivity contribution >= 4 is 17.0 Å². The Hall–Kier alpha value is -1.81. The number of nitrogen functional groups attached to an aromatic ring is 1. The van der Waals surface area contributed by atoms with Crippen LogP contribution in [0.2, 0.25) is 0 Å². The first-order valence-electron chi connectivity index (χ1n) is 6.77. The molecule has 5 atom stereocenters. The van der Waals surface area contributed by atoms with Crippen molar-refractivity contribution in [1.82, 2.24) is 19.5 Å². The molecule has 9 nitrogen and oxygen atoms in total. The topological polar surface area (TPSA) is 145 Å². The Kier molecular flexibility index (Phi) is 2.52. The van der Waals surface area contributed by atoms with Crippen molar-refractivity contribution < 1.29 is 14.9 Å². The molecule has 0 radical (unpaired) electrons. The Labute approximate surface area is 119 Å². The Bertz CT molecular complexity index is 705. The van der Waals surface area contributed by atoms with Crippen LogP contribution in [0.4, 0.5) is 5.82 Å². The molecule has 0 bridgehead atoms. The van der Waals surface area contributed by atoms with E-state index in [4.69, 9.17) is 16.2 Å². The van der Waals surface area contributed by atoms with Crippen molar-refractivity contribution in [3.63, 3.8) is 0 Å². The summed E-state index contributed by atoms with van der Waals surface area (Å²) >= 11 is 0. The molecule has 9 heteroatoms. The first-order chi connectivity index (χ1) is 10.0. The van der Waals surface area contributed by atoms with E-state index in [0.717, 1.165) is 6.42 Å². The number of aromatic nitrogens is 4. The number of ether oxygens (including phenoxy) is 1. The second-order valence-corrected chi connectivity index (χ2v) is 5.63. The molecule has 112 valence electrons. The predicted molar refractivity (Wildman–Crippen MR) is 71.8 cm³/mol. The predicted octanol–water partition coefficient (Wildman–Crippen LogP) is -1.48. The zero-order chi connectivity index (χ0) is 14.8. The summed E-state index contributed by atoms with van der Waals surface area (Å²) in [4.78, 5) is 12.1. The van der Waals surface area contributed by atoms with Crippen molar-refractivity contribution in [2.24, 2.45) is 5.73 Å². The normalized spacial score (nSPS) is 39.0. The van der Waals surface area contributed by atoms with Gasteiger partial charge in [-0.15, -0.1) is 0 Å². The molecule has 1 unspecified atom stereocenters. The zero-order valence-corrected chi connectivity index (χ0v) is 11.1. The molecule has 1 aliphatic heterocycles. The highest BCUT2D eigenvalue weighted by Crippen LogP contribution is 2.48. The number of aliphatic hydroxyl groups is 2. The Morgan fingerprint density at radius 2 is 2.14 bits per heavy atom. The van der Waals surface area contributed by atoms with Gasteiger partial charge in [-0.2, -0.15) is 0 Å². The van der Waals surface area contributed by atoms with E-state index in [9.17, 15) is 10.2 Å². The summed E-state index contributed by atoms with van der Waals surface area (Å²) in [5.41, 5.74) is 11.7. The number of anilines is 1. The number of fused-ring (bicyclic) bond motifs is 1. The van der Waals surface area contributed by atoms with Gasteiger partial charge >= 0.3 is 0 Å². The van der Waals surface area contributed by atoms with Crippen LogP contribution in [0.15, 0.2) is 12.7 Å². The monoisotopic (exact) mass is 292 g/mol. The van der Waals surface area contributed by atoms with Gasteiger partial charge in [0.1, 0.15) is 29.7 Å². The van der Waals surface area contributed by atoms with Gasteiger partial charge in [-0.25, -0.2) is 15.0 Å². The fourth-order valence-corrected chi connectivity index (χ4v) is 3.20. The average Bonchev–Trinajstić information content (AvgIpc) is 3.01.